The molecule has 4 rings (SSSR count). The molecular formula is C22H28N4O. The van der Waals surface area contributed by atoms with Crippen LogP contribution in [0.5, 0.6) is 0 Å². The van der Waals surface area contributed by atoms with E-state index in [4.69, 9.17) is 0 Å². The Hall–Kier alpha value is -2.40. The Morgan fingerprint density at radius 3 is 2.44 bits per heavy atom. The van der Waals surface area contributed by atoms with Gasteiger partial charge in [-0.2, -0.15) is 0 Å². The highest BCUT2D eigenvalue weighted by molar-refractivity contribution is 5.90. The topological polar surface area (TPSA) is 48.5 Å². The van der Waals surface area contributed by atoms with Gasteiger partial charge in [-0.1, -0.05) is 24.3 Å². The Morgan fingerprint density at radius 2 is 1.81 bits per heavy atom. The first kappa shape index (κ1) is 18.0. The second-order valence-corrected chi connectivity index (χ2v) is 7.76. The minimum absolute atomic E-state index is 0.270. The zero-order valence-corrected chi connectivity index (χ0v) is 16.0. The molecule has 1 amide bonds. The molecule has 2 saturated heterocycles. The summed E-state index contributed by atoms with van der Waals surface area (Å²) in [4.78, 5) is 22.2. The molecule has 1 aromatic carbocycles. The minimum atomic E-state index is -0.489. The van der Waals surface area contributed by atoms with E-state index in [1.54, 1.807) is 0 Å². The van der Waals surface area contributed by atoms with Crippen molar-refractivity contribution in [1.29, 1.82) is 0 Å². The number of para-hydroxylation sites is 1. The number of piperidine rings is 1. The standard InChI is InChI=1S/C22H28N4O/c1-18-7-5-12-23-20(18)17-25-15-10-22(11-16-25,21(27)26-13-6-14-26)24-19-8-3-2-4-9-19/h2-5,7-9,12,24H,6,10-11,13-17H2,1H3. The van der Waals surface area contributed by atoms with Crippen LogP contribution in [0.2, 0.25) is 0 Å². The maximum absolute atomic E-state index is 13.3. The summed E-state index contributed by atoms with van der Waals surface area (Å²) >= 11 is 0. The van der Waals surface area contributed by atoms with Gasteiger partial charge >= 0.3 is 0 Å². The van der Waals surface area contributed by atoms with E-state index < -0.39 is 5.54 Å². The maximum atomic E-state index is 13.3. The third-order valence-corrected chi connectivity index (χ3v) is 5.91. The lowest BCUT2D eigenvalue weighted by molar-refractivity contribution is -0.141. The van der Waals surface area contributed by atoms with Gasteiger partial charge in [0.05, 0.1) is 5.69 Å². The minimum Gasteiger partial charge on any atom is -0.371 e. The third-order valence-electron chi connectivity index (χ3n) is 5.91. The number of carbonyl (C=O) groups is 1. The van der Waals surface area contributed by atoms with Crippen molar-refractivity contribution in [2.45, 2.75) is 38.3 Å². The lowest BCUT2D eigenvalue weighted by Gasteiger charge is -2.46. The highest BCUT2D eigenvalue weighted by Crippen LogP contribution is 2.31. The summed E-state index contributed by atoms with van der Waals surface area (Å²) in [7, 11) is 0. The number of aryl methyl sites for hydroxylation is 1. The molecule has 0 atom stereocenters. The van der Waals surface area contributed by atoms with Crippen LogP contribution in [0.15, 0.2) is 48.7 Å². The van der Waals surface area contributed by atoms with Gasteiger partial charge in [-0.25, -0.2) is 0 Å². The van der Waals surface area contributed by atoms with E-state index in [0.717, 1.165) is 63.4 Å². The summed E-state index contributed by atoms with van der Waals surface area (Å²) in [6.45, 7) is 6.56. The van der Waals surface area contributed by atoms with E-state index in [1.807, 2.05) is 35.4 Å². The fraction of sp³-hybridized carbons (Fsp3) is 0.455. The quantitative estimate of drug-likeness (QED) is 0.886. The number of benzene rings is 1. The Kier molecular flexibility index (Phi) is 5.12. The molecule has 27 heavy (non-hydrogen) atoms. The van der Waals surface area contributed by atoms with Gasteiger partial charge in [0.15, 0.2) is 0 Å². The number of aromatic nitrogens is 1. The predicted molar refractivity (Wildman–Crippen MR) is 107 cm³/mol. The third kappa shape index (κ3) is 3.83. The second-order valence-electron chi connectivity index (χ2n) is 7.76. The van der Waals surface area contributed by atoms with Crippen molar-refractivity contribution in [3.05, 3.63) is 59.9 Å². The Bertz CT molecular complexity index is 780. The number of carbonyl (C=O) groups excluding carboxylic acids is 1. The molecule has 2 fully saturated rings. The molecule has 3 heterocycles. The van der Waals surface area contributed by atoms with Gasteiger partial charge in [0.25, 0.3) is 0 Å². The average Bonchev–Trinajstić information content (AvgIpc) is 2.65. The van der Waals surface area contributed by atoms with Crippen molar-refractivity contribution in [3.63, 3.8) is 0 Å². The van der Waals surface area contributed by atoms with Gasteiger partial charge in [0, 0.05) is 44.6 Å². The molecule has 0 bridgehead atoms. The molecule has 0 aliphatic carbocycles. The molecule has 0 spiro atoms. The van der Waals surface area contributed by atoms with Crippen molar-refractivity contribution >= 4 is 11.6 Å². The van der Waals surface area contributed by atoms with Crippen LogP contribution in [0.1, 0.15) is 30.5 Å². The fourth-order valence-electron chi connectivity index (χ4n) is 4.00. The largest absolute Gasteiger partial charge is 0.371 e. The van der Waals surface area contributed by atoms with Gasteiger partial charge in [-0.3, -0.25) is 14.7 Å². The smallest absolute Gasteiger partial charge is 0.248 e. The Balaban J connectivity index is 1.48. The SMILES string of the molecule is Cc1cccnc1CN1CCC(Nc2ccccc2)(C(=O)N2CCC2)CC1. The number of rotatable bonds is 5. The Labute approximate surface area is 161 Å². The lowest BCUT2D eigenvalue weighted by Crippen LogP contribution is -2.61. The van der Waals surface area contributed by atoms with E-state index in [9.17, 15) is 4.79 Å². The summed E-state index contributed by atoms with van der Waals surface area (Å²) in [5.41, 5.74) is 2.90. The molecule has 5 nitrogen and oxygen atoms in total. The summed E-state index contributed by atoms with van der Waals surface area (Å²) in [6, 6.07) is 14.2. The summed E-state index contributed by atoms with van der Waals surface area (Å²) < 4.78 is 0. The van der Waals surface area contributed by atoms with Crippen LogP contribution in [0, 0.1) is 6.92 Å². The molecule has 1 N–H and O–H groups in total. The van der Waals surface area contributed by atoms with E-state index in [2.05, 4.69) is 40.3 Å². The zero-order valence-electron chi connectivity index (χ0n) is 16.0. The van der Waals surface area contributed by atoms with Crippen molar-refractivity contribution in [2.75, 3.05) is 31.5 Å². The van der Waals surface area contributed by atoms with E-state index in [1.165, 1.54) is 5.56 Å². The van der Waals surface area contributed by atoms with E-state index in [0.29, 0.717) is 0 Å². The Morgan fingerprint density at radius 1 is 1.07 bits per heavy atom. The fourth-order valence-corrected chi connectivity index (χ4v) is 4.00. The molecule has 0 saturated carbocycles. The van der Waals surface area contributed by atoms with Crippen LogP contribution in [0.3, 0.4) is 0 Å². The first-order valence-electron chi connectivity index (χ1n) is 9.92. The average molecular weight is 364 g/mol. The number of nitrogens with zero attached hydrogens (tertiary/aromatic N) is 3. The molecule has 0 unspecified atom stereocenters. The van der Waals surface area contributed by atoms with Crippen molar-refractivity contribution < 1.29 is 4.79 Å². The molecule has 2 aromatic rings. The summed E-state index contributed by atoms with van der Waals surface area (Å²) in [5, 5.41) is 3.61. The number of hydrogen-bond acceptors (Lipinski definition) is 4. The van der Waals surface area contributed by atoms with E-state index in [-0.39, 0.29) is 5.91 Å². The normalized spacial score (nSPS) is 19.4. The lowest BCUT2D eigenvalue weighted by atomic mass is 9.84. The molecule has 142 valence electrons. The molecule has 5 heteroatoms. The van der Waals surface area contributed by atoms with Crippen LogP contribution in [0.4, 0.5) is 5.69 Å². The van der Waals surface area contributed by atoms with Gasteiger partial charge in [0.1, 0.15) is 5.54 Å². The zero-order chi connectivity index (χ0) is 18.7. The number of hydrogen-bond donors (Lipinski definition) is 1. The highest BCUT2D eigenvalue weighted by Gasteiger charge is 2.44. The van der Waals surface area contributed by atoms with Crippen LogP contribution in [0.25, 0.3) is 0 Å². The molecular weight excluding hydrogens is 336 g/mol. The van der Waals surface area contributed by atoms with E-state index >= 15 is 0 Å². The van der Waals surface area contributed by atoms with Gasteiger partial charge in [0.2, 0.25) is 5.91 Å². The maximum Gasteiger partial charge on any atom is 0.248 e. The summed E-state index contributed by atoms with van der Waals surface area (Å²) in [5.74, 6) is 0.270. The van der Waals surface area contributed by atoms with Gasteiger partial charge in [-0.05, 0) is 49.9 Å². The summed E-state index contributed by atoms with van der Waals surface area (Å²) in [6.07, 6.45) is 4.63. The number of amides is 1. The van der Waals surface area contributed by atoms with Crippen LogP contribution >= 0.6 is 0 Å². The van der Waals surface area contributed by atoms with Gasteiger partial charge < -0.3 is 10.2 Å². The van der Waals surface area contributed by atoms with Crippen molar-refractivity contribution in [2.24, 2.45) is 0 Å². The van der Waals surface area contributed by atoms with Crippen LogP contribution < -0.4 is 5.32 Å². The number of pyridine rings is 1. The van der Waals surface area contributed by atoms with Crippen LogP contribution in [-0.2, 0) is 11.3 Å². The molecule has 0 radical (unpaired) electrons. The first-order chi connectivity index (χ1) is 13.2. The monoisotopic (exact) mass is 364 g/mol. The first-order valence-corrected chi connectivity index (χ1v) is 9.92. The number of nitrogens with one attached hydrogen (secondary N) is 1. The van der Waals surface area contributed by atoms with Gasteiger partial charge in [-0.15, -0.1) is 0 Å². The molecule has 2 aliphatic rings. The highest BCUT2D eigenvalue weighted by atomic mass is 16.2. The second kappa shape index (κ2) is 7.69. The number of likely N-dealkylation sites (tertiary alicyclic amines) is 2. The number of anilines is 1. The predicted octanol–water partition coefficient (Wildman–Crippen LogP) is 3.07. The molecule has 2 aliphatic heterocycles. The van der Waals surface area contributed by atoms with Crippen LogP contribution in [-0.4, -0.2) is 52.4 Å². The molecule has 1 aromatic heterocycles. The van der Waals surface area contributed by atoms with Crippen molar-refractivity contribution in [3.8, 4) is 0 Å². The van der Waals surface area contributed by atoms with Crippen molar-refractivity contribution in [1.82, 2.24) is 14.8 Å².